The SMILES string of the molecule is COCCCC(C)(O)CC=C[C@H]1[C@H](C)OC(=O)N1CCSc1nc(C(=O)O)cs1. The monoisotopic (exact) mass is 444 g/mol. The summed E-state index contributed by atoms with van der Waals surface area (Å²) in [5.74, 6) is -0.471. The van der Waals surface area contributed by atoms with Crippen molar-refractivity contribution in [2.75, 3.05) is 26.0 Å². The number of hydrogen-bond acceptors (Lipinski definition) is 8. The van der Waals surface area contributed by atoms with Gasteiger partial charge in [0.15, 0.2) is 10.0 Å². The van der Waals surface area contributed by atoms with Crippen molar-refractivity contribution in [2.24, 2.45) is 0 Å². The fraction of sp³-hybridized carbons (Fsp3) is 0.632. The van der Waals surface area contributed by atoms with E-state index in [2.05, 4.69) is 4.98 Å². The number of cyclic esters (lactones) is 1. The van der Waals surface area contributed by atoms with Gasteiger partial charge in [0.25, 0.3) is 0 Å². The Morgan fingerprint density at radius 2 is 2.31 bits per heavy atom. The average molecular weight is 445 g/mol. The number of thioether (sulfide) groups is 1. The van der Waals surface area contributed by atoms with E-state index in [1.54, 1.807) is 18.9 Å². The van der Waals surface area contributed by atoms with Crippen LogP contribution in [0.15, 0.2) is 21.9 Å². The highest BCUT2D eigenvalue weighted by molar-refractivity contribution is 8.01. The number of carboxylic acid groups (broad SMARTS) is 1. The van der Waals surface area contributed by atoms with E-state index in [1.165, 1.54) is 28.5 Å². The van der Waals surface area contributed by atoms with Crippen molar-refractivity contribution in [1.29, 1.82) is 0 Å². The maximum Gasteiger partial charge on any atom is 0.410 e. The molecule has 0 aliphatic carbocycles. The van der Waals surface area contributed by atoms with E-state index in [9.17, 15) is 14.7 Å². The Morgan fingerprint density at radius 1 is 1.55 bits per heavy atom. The number of aromatic carboxylic acids is 1. The third kappa shape index (κ3) is 7.29. The molecule has 1 aliphatic rings. The van der Waals surface area contributed by atoms with Gasteiger partial charge in [-0.1, -0.05) is 23.9 Å². The Hall–Kier alpha value is -1.62. The smallest absolute Gasteiger partial charge is 0.410 e. The molecule has 8 nitrogen and oxygen atoms in total. The van der Waals surface area contributed by atoms with Gasteiger partial charge in [0.05, 0.1) is 11.6 Å². The maximum atomic E-state index is 12.2. The molecule has 0 aromatic carbocycles. The van der Waals surface area contributed by atoms with Gasteiger partial charge >= 0.3 is 12.1 Å². The number of rotatable bonds is 12. The molecule has 0 spiro atoms. The molecule has 1 aliphatic heterocycles. The summed E-state index contributed by atoms with van der Waals surface area (Å²) in [7, 11) is 1.64. The molecule has 1 amide bonds. The summed E-state index contributed by atoms with van der Waals surface area (Å²) in [6, 6.07) is -0.205. The van der Waals surface area contributed by atoms with Crippen LogP contribution in [0.5, 0.6) is 0 Å². The summed E-state index contributed by atoms with van der Waals surface area (Å²) in [5, 5.41) is 20.9. The molecule has 3 atom stereocenters. The number of amides is 1. The van der Waals surface area contributed by atoms with E-state index in [0.29, 0.717) is 36.1 Å². The molecule has 2 heterocycles. The second kappa shape index (κ2) is 11.0. The molecule has 0 radical (unpaired) electrons. The molecule has 29 heavy (non-hydrogen) atoms. The third-order valence-electron chi connectivity index (χ3n) is 4.58. The Balaban J connectivity index is 1.87. The predicted octanol–water partition coefficient (Wildman–Crippen LogP) is 3.27. The molecule has 162 valence electrons. The first-order valence-corrected chi connectivity index (χ1v) is 11.3. The van der Waals surface area contributed by atoms with Crippen molar-refractivity contribution >= 4 is 35.2 Å². The number of hydrogen-bond donors (Lipinski definition) is 2. The van der Waals surface area contributed by atoms with Gasteiger partial charge in [-0.25, -0.2) is 14.6 Å². The third-order valence-corrected chi connectivity index (χ3v) is 6.58. The van der Waals surface area contributed by atoms with Gasteiger partial charge in [-0.3, -0.25) is 4.90 Å². The standard InChI is InChI=1S/C19H28N2O6S2/c1-13-15(6-4-7-19(2,25)8-5-10-26-3)21(18(24)27-13)9-11-28-17-20-14(12-29-17)16(22)23/h4,6,12-13,15,25H,5,7-11H2,1-3H3,(H,22,23)/t13-,15-,19?/m0/s1. The molecule has 0 saturated carbocycles. The van der Waals surface area contributed by atoms with Gasteiger partial charge in [0.1, 0.15) is 6.10 Å². The number of ether oxygens (including phenoxy) is 2. The van der Waals surface area contributed by atoms with Crippen LogP contribution in [0.25, 0.3) is 0 Å². The Morgan fingerprint density at radius 3 is 2.97 bits per heavy atom. The van der Waals surface area contributed by atoms with Crippen molar-refractivity contribution < 1.29 is 29.3 Å². The zero-order chi connectivity index (χ0) is 21.4. The molecular formula is C19H28N2O6S2. The molecule has 2 rings (SSSR count). The molecule has 10 heteroatoms. The molecule has 1 unspecified atom stereocenters. The van der Waals surface area contributed by atoms with Crippen LogP contribution in [-0.2, 0) is 9.47 Å². The highest BCUT2D eigenvalue weighted by Gasteiger charge is 2.37. The molecule has 1 aromatic rings. The number of aromatic nitrogens is 1. The summed E-state index contributed by atoms with van der Waals surface area (Å²) >= 11 is 2.68. The van der Waals surface area contributed by atoms with Crippen molar-refractivity contribution in [3.63, 3.8) is 0 Å². The number of methoxy groups -OCH3 is 1. The zero-order valence-corrected chi connectivity index (χ0v) is 18.5. The molecule has 1 aromatic heterocycles. The molecule has 0 bridgehead atoms. The van der Waals surface area contributed by atoms with Gasteiger partial charge in [-0.2, -0.15) is 0 Å². The highest BCUT2D eigenvalue weighted by Crippen LogP contribution is 2.26. The second-order valence-corrected chi connectivity index (χ2v) is 9.35. The second-order valence-electron chi connectivity index (χ2n) is 7.15. The minimum Gasteiger partial charge on any atom is -0.476 e. The summed E-state index contributed by atoms with van der Waals surface area (Å²) < 4.78 is 11.0. The first kappa shape index (κ1) is 23.7. The number of nitrogens with zero attached hydrogens (tertiary/aromatic N) is 2. The van der Waals surface area contributed by atoms with Crippen LogP contribution in [0.4, 0.5) is 4.79 Å². The van der Waals surface area contributed by atoms with Gasteiger partial charge in [0, 0.05) is 31.4 Å². The van der Waals surface area contributed by atoms with Gasteiger partial charge in [0.2, 0.25) is 0 Å². The lowest BCUT2D eigenvalue weighted by Gasteiger charge is -2.23. The number of carbonyl (C=O) groups excluding carboxylic acids is 1. The quantitative estimate of drug-likeness (QED) is 0.287. The minimum atomic E-state index is -1.05. The van der Waals surface area contributed by atoms with Crippen molar-refractivity contribution in [3.8, 4) is 0 Å². The van der Waals surface area contributed by atoms with E-state index in [1.807, 2.05) is 19.1 Å². The van der Waals surface area contributed by atoms with Gasteiger partial charge in [-0.15, -0.1) is 11.3 Å². The average Bonchev–Trinajstić information content (AvgIpc) is 3.21. The predicted molar refractivity (Wildman–Crippen MR) is 112 cm³/mol. The van der Waals surface area contributed by atoms with Crippen LogP contribution in [-0.4, -0.2) is 75.9 Å². The van der Waals surface area contributed by atoms with Crippen molar-refractivity contribution in [3.05, 3.63) is 23.2 Å². The fourth-order valence-electron chi connectivity index (χ4n) is 2.99. The minimum absolute atomic E-state index is 0.0325. The van der Waals surface area contributed by atoms with Crippen LogP contribution >= 0.6 is 23.1 Å². The van der Waals surface area contributed by atoms with E-state index < -0.39 is 11.6 Å². The summed E-state index contributed by atoms with van der Waals surface area (Å²) in [6.07, 6.45) is 5.06. The van der Waals surface area contributed by atoms with Crippen LogP contribution < -0.4 is 0 Å². The van der Waals surface area contributed by atoms with Crippen molar-refractivity contribution in [1.82, 2.24) is 9.88 Å². The summed E-state index contributed by atoms with van der Waals surface area (Å²) in [6.45, 7) is 4.70. The van der Waals surface area contributed by atoms with Crippen LogP contribution in [0.1, 0.15) is 43.6 Å². The first-order chi connectivity index (χ1) is 13.7. The lowest BCUT2D eigenvalue weighted by molar-refractivity contribution is 0.0432. The largest absolute Gasteiger partial charge is 0.476 e. The number of thiazole rings is 1. The zero-order valence-electron chi connectivity index (χ0n) is 16.9. The molecule has 1 fully saturated rings. The number of carboxylic acids is 1. The maximum absolute atomic E-state index is 12.2. The Kier molecular flexibility index (Phi) is 8.94. The highest BCUT2D eigenvalue weighted by atomic mass is 32.2. The molecule has 2 N–H and O–H groups in total. The van der Waals surface area contributed by atoms with Crippen LogP contribution in [0.3, 0.4) is 0 Å². The van der Waals surface area contributed by atoms with Crippen LogP contribution in [0.2, 0.25) is 0 Å². The van der Waals surface area contributed by atoms with Gasteiger partial charge < -0.3 is 19.7 Å². The van der Waals surface area contributed by atoms with E-state index in [-0.39, 0.29) is 23.9 Å². The fourth-order valence-corrected chi connectivity index (χ4v) is 4.80. The normalized spacial score (nSPS) is 21.5. The summed E-state index contributed by atoms with van der Waals surface area (Å²) in [5.41, 5.74) is -0.792. The lowest BCUT2D eigenvalue weighted by Crippen LogP contribution is -2.36. The number of aliphatic hydroxyl groups is 1. The van der Waals surface area contributed by atoms with E-state index >= 15 is 0 Å². The van der Waals surface area contributed by atoms with Crippen LogP contribution in [0, 0.1) is 0 Å². The Labute approximate surface area is 178 Å². The molecule has 1 saturated heterocycles. The van der Waals surface area contributed by atoms with Gasteiger partial charge in [-0.05, 0) is 33.1 Å². The first-order valence-electron chi connectivity index (χ1n) is 9.40. The lowest BCUT2D eigenvalue weighted by atomic mass is 9.95. The number of carbonyl (C=O) groups is 2. The summed E-state index contributed by atoms with van der Waals surface area (Å²) in [4.78, 5) is 28.8. The molecular weight excluding hydrogens is 416 g/mol. The topological polar surface area (TPSA) is 109 Å². The van der Waals surface area contributed by atoms with Crippen molar-refractivity contribution in [2.45, 2.75) is 55.2 Å². The van der Waals surface area contributed by atoms with E-state index in [0.717, 1.165) is 6.42 Å². The Bertz CT molecular complexity index is 721. The van der Waals surface area contributed by atoms with E-state index in [4.69, 9.17) is 14.6 Å².